The molecule has 0 aliphatic carbocycles. The normalized spacial score (nSPS) is 9.69. The van der Waals surface area contributed by atoms with Crippen molar-refractivity contribution >= 4 is 11.7 Å². The van der Waals surface area contributed by atoms with E-state index in [2.05, 4.69) is 6.58 Å². The summed E-state index contributed by atoms with van der Waals surface area (Å²) in [4.78, 5) is 13.3. The van der Waals surface area contributed by atoms with E-state index < -0.39 is 0 Å². The molecule has 0 aliphatic rings. The lowest BCUT2D eigenvalue weighted by atomic mass is 10.2. The second-order valence-corrected chi connectivity index (χ2v) is 3.88. The van der Waals surface area contributed by atoms with Gasteiger partial charge in [0.05, 0.1) is 0 Å². The molecule has 0 heterocycles. The topological polar surface area (TPSA) is 29.5 Å². The molecular formula is C13H17NO2. The molecule has 0 atom stereocenters. The number of esters is 1. The Morgan fingerprint density at radius 2 is 2.00 bits per heavy atom. The van der Waals surface area contributed by atoms with Crippen LogP contribution in [0, 0.1) is 0 Å². The molecule has 1 aromatic carbocycles. The summed E-state index contributed by atoms with van der Waals surface area (Å²) in [7, 11) is 3.92. The Kier molecular flexibility index (Phi) is 4.11. The zero-order valence-corrected chi connectivity index (χ0v) is 9.99. The van der Waals surface area contributed by atoms with Gasteiger partial charge in [0.25, 0.3) is 0 Å². The second kappa shape index (κ2) is 5.35. The number of nitrogens with zero attached hydrogens (tertiary/aromatic N) is 1. The van der Waals surface area contributed by atoms with Crippen LogP contribution in [0.2, 0.25) is 0 Å². The highest BCUT2D eigenvalue weighted by Crippen LogP contribution is 2.18. The van der Waals surface area contributed by atoms with Crippen LogP contribution < -0.4 is 4.90 Å². The number of hydrogen-bond acceptors (Lipinski definition) is 3. The van der Waals surface area contributed by atoms with Crippen LogP contribution in [0.25, 0.3) is 0 Å². The van der Waals surface area contributed by atoms with Crippen LogP contribution in [0.1, 0.15) is 12.5 Å². The maximum atomic E-state index is 11.3. The number of hydrogen-bond donors (Lipinski definition) is 0. The van der Waals surface area contributed by atoms with Gasteiger partial charge in [-0.25, -0.2) is 4.79 Å². The van der Waals surface area contributed by atoms with Crippen molar-refractivity contribution in [3.63, 3.8) is 0 Å². The number of carbonyl (C=O) groups excluding carboxylic acids is 1. The van der Waals surface area contributed by atoms with Crippen molar-refractivity contribution in [2.75, 3.05) is 19.0 Å². The Hall–Kier alpha value is -1.77. The smallest absolute Gasteiger partial charge is 0.333 e. The van der Waals surface area contributed by atoms with Crippen molar-refractivity contribution < 1.29 is 9.53 Å². The molecule has 0 spiro atoms. The minimum Gasteiger partial charge on any atom is -0.457 e. The average molecular weight is 219 g/mol. The summed E-state index contributed by atoms with van der Waals surface area (Å²) in [5, 5.41) is 0. The molecule has 3 heteroatoms. The van der Waals surface area contributed by atoms with E-state index in [0.717, 1.165) is 11.3 Å². The Labute approximate surface area is 96.3 Å². The Balaban J connectivity index is 2.74. The van der Waals surface area contributed by atoms with E-state index in [1.807, 2.05) is 43.3 Å². The van der Waals surface area contributed by atoms with E-state index in [9.17, 15) is 4.79 Å². The first-order chi connectivity index (χ1) is 7.52. The van der Waals surface area contributed by atoms with Gasteiger partial charge < -0.3 is 9.64 Å². The molecule has 0 saturated carbocycles. The highest BCUT2D eigenvalue weighted by molar-refractivity contribution is 5.86. The standard InChI is InChI=1S/C13H17NO2/c1-10(2)13(15)16-9-11-7-5-6-8-12(11)14(3)4/h5-8H,1,9H2,2-4H3. The molecule has 0 unspecified atom stereocenters. The molecule has 86 valence electrons. The van der Waals surface area contributed by atoms with Crippen LogP contribution in [-0.4, -0.2) is 20.1 Å². The summed E-state index contributed by atoms with van der Waals surface area (Å²) >= 11 is 0. The molecule has 0 N–H and O–H groups in total. The molecule has 0 aromatic heterocycles. The Morgan fingerprint density at radius 3 is 2.56 bits per heavy atom. The molecule has 0 aliphatic heterocycles. The first-order valence-corrected chi connectivity index (χ1v) is 5.10. The fraction of sp³-hybridized carbons (Fsp3) is 0.308. The van der Waals surface area contributed by atoms with Gasteiger partial charge in [-0.3, -0.25) is 0 Å². The number of benzene rings is 1. The molecule has 0 amide bonds. The van der Waals surface area contributed by atoms with E-state index in [1.54, 1.807) is 6.92 Å². The third kappa shape index (κ3) is 3.12. The molecule has 1 aromatic rings. The molecule has 16 heavy (non-hydrogen) atoms. The van der Waals surface area contributed by atoms with Crippen LogP contribution in [-0.2, 0) is 16.1 Å². The van der Waals surface area contributed by atoms with Crippen LogP contribution in [0.5, 0.6) is 0 Å². The van der Waals surface area contributed by atoms with Crippen LogP contribution in [0.3, 0.4) is 0 Å². The van der Waals surface area contributed by atoms with Crippen LogP contribution >= 0.6 is 0 Å². The van der Waals surface area contributed by atoms with E-state index in [-0.39, 0.29) is 12.6 Å². The van der Waals surface area contributed by atoms with Crippen molar-refractivity contribution in [2.45, 2.75) is 13.5 Å². The summed E-state index contributed by atoms with van der Waals surface area (Å²) < 4.78 is 5.12. The number of rotatable bonds is 4. The van der Waals surface area contributed by atoms with Crippen molar-refractivity contribution in [1.82, 2.24) is 0 Å². The minimum atomic E-state index is -0.353. The maximum absolute atomic E-state index is 11.3. The van der Waals surface area contributed by atoms with Gasteiger partial charge in [0.1, 0.15) is 6.61 Å². The molecule has 0 fully saturated rings. The zero-order chi connectivity index (χ0) is 12.1. The van der Waals surface area contributed by atoms with Crippen LogP contribution in [0.15, 0.2) is 36.4 Å². The SMILES string of the molecule is C=C(C)C(=O)OCc1ccccc1N(C)C. The summed E-state index contributed by atoms with van der Waals surface area (Å²) in [6, 6.07) is 7.82. The third-order valence-corrected chi connectivity index (χ3v) is 2.18. The first kappa shape index (κ1) is 12.3. The summed E-state index contributed by atoms with van der Waals surface area (Å²) in [6.45, 7) is 5.46. The number of ether oxygens (including phenoxy) is 1. The van der Waals surface area contributed by atoms with Gasteiger partial charge in [0.15, 0.2) is 0 Å². The van der Waals surface area contributed by atoms with Crippen molar-refractivity contribution in [3.05, 3.63) is 42.0 Å². The predicted molar refractivity (Wildman–Crippen MR) is 65.4 cm³/mol. The van der Waals surface area contributed by atoms with Crippen molar-refractivity contribution in [3.8, 4) is 0 Å². The summed E-state index contributed by atoms with van der Waals surface area (Å²) in [5.41, 5.74) is 2.46. The summed E-state index contributed by atoms with van der Waals surface area (Å²) in [6.07, 6.45) is 0. The largest absolute Gasteiger partial charge is 0.457 e. The first-order valence-electron chi connectivity index (χ1n) is 5.10. The Morgan fingerprint density at radius 1 is 1.38 bits per heavy atom. The van der Waals surface area contributed by atoms with Crippen molar-refractivity contribution in [1.29, 1.82) is 0 Å². The average Bonchev–Trinajstić information content (AvgIpc) is 2.25. The van der Waals surface area contributed by atoms with Gasteiger partial charge in [0, 0.05) is 30.9 Å². The third-order valence-electron chi connectivity index (χ3n) is 2.18. The van der Waals surface area contributed by atoms with E-state index >= 15 is 0 Å². The molecule has 1 rings (SSSR count). The zero-order valence-electron chi connectivity index (χ0n) is 9.99. The van der Waals surface area contributed by atoms with Gasteiger partial charge in [-0.15, -0.1) is 0 Å². The van der Waals surface area contributed by atoms with E-state index in [0.29, 0.717) is 5.57 Å². The highest BCUT2D eigenvalue weighted by atomic mass is 16.5. The second-order valence-electron chi connectivity index (χ2n) is 3.88. The predicted octanol–water partition coefficient (Wildman–Crippen LogP) is 2.37. The molecular weight excluding hydrogens is 202 g/mol. The lowest BCUT2D eigenvalue weighted by Gasteiger charge is -2.17. The maximum Gasteiger partial charge on any atom is 0.333 e. The number of carbonyl (C=O) groups is 1. The fourth-order valence-corrected chi connectivity index (χ4v) is 1.34. The van der Waals surface area contributed by atoms with Crippen LogP contribution in [0.4, 0.5) is 5.69 Å². The molecule has 0 saturated heterocycles. The van der Waals surface area contributed by atoms with Crippen molar-refractivity contribution in [2.24, 2.45) is 0 Å². The van der Waals surface area contributed by atoms with E-state index in [1.165, 1.54) is 0 Å². The summed E-state index contributed by atoms with van der Waals surface area (Å²) in [5.74, 6) is -0.353. The molecule has 0 bridgehead atoms. The van der Waals surface area contributed by atoms with Gasteiger partial charge in [-0.05, 0) is 13.0 Å². The molecule has 3 nitrogen and oxygen atoms in total. The van der Waals surface area contributed by atoms with Gasteiger partial charge in [-0.1, -0.05) is 24.8 Å². The minimum absolute atomic E-state index is 0.278. The lowest BCUT2D eigenvalue weighted by molar-refractivity contribution is -0.140. The molecule has 0 radical (unpaired) electrons. The van der Waals surface area contributed by atoms with Gasteiger partial charge >= 0.3 is 5.97 Å². The quantitative estimate of drug-likeness (QED) is 0.575. The fourth-order valence-electron chi connectivity index (χ4n) is 1.34. The number of anilines is 1. The Bertz CT molecular complexity index is 397. The van der Waals surface area contributed by atoms with Gasteiger partial charge in [0.2, 0.25) is 0 Å². The lowest BCUT2D eigenvalue weighted by Crippen LogP contribution is -2.13. The van der Waals surface area contributed by atoms with E-state index in [4.69, 9.17) is 4.74 Å². The van der Waals surface area contributed by atoms with Gasteiger partial charge in [-0.2, -0.15) is 0 Å². The highest BCUT2D eigenvalue weighted by Gasteiger charge is 2.07. The monoisotopic (exact) mass is 219 g/mol. The number of para-hydroxylation sites is 1.